The number of fused-ring (bicyclic) bond motifs is 1. The van der Waals surface area contributed by atoms with E-state index in [1.165, 1.54) is 19.2 Å². The average molecular weight is 478 g/mol. The summed E-state index contributed by atoms with van der Waals surface area (Å²) >= 11 is 3.41. The number of carbonyl (C=O) groups is 3. The van der Waals surface area contributed by atoms with Crippen molar-refractivity contribution < 1.29 is 23.9 Å². The first kappa shape index (κ1) is 22.2. The Morgan fingerprint density at radius 3 is 2.23 bits per heavy atom. The summed E-state index contributed by atoms with van der Waals surface area (Å²) in [7, 11) is 2.48. The third-order valence-electron chi connectivity index (χ3n) is 4.73. The fourth-order valence-corrected chi connectivity index (χ4v) is 3.85. The fraction of sp³-hybridized carbons (Fsp3) is 0.429. The highest BCUT2D eigenvalue weighted by atomic mass is 79.9. The van der Waals surface area contributed by atoms with E-state index >= 15 is 0 Å². The largest absolute Gasteiger partial charge is 0.466 e. The van der Waals surface area contributed by atoms with Crippen LogP contribution in [0.4, 0.5) is 0 Å². The third kappa shape index (κ3) is 4.04. The molecule has 1 unspecified atom stereocenters. The van der Waals surface area contributed by atoms with Gasteiger partial charge < -0.3 is 9.47 Å². The number of nitrogens with zero attached hydrogens (tertiary/aromatic N) is 3. The molecule has 2 aliphatic heterocycles. The van der Waals surface area contributed by atoms with Crippen molar-refractivity contribution in [2.45, 2.75) is 38.8 Å². The second kappa shape index (κ2) is 8.31. The Bertz CT molecular complexity index is 946. The van der Waals surface area contributed by atoms with Crippen molar-refractivity contribution in [3.63, 3.8) is 0 Å². The molecule has 2 heterocycles. The molecule has 1 saturated heterocycles. The van der Waals surface area contributed by atoms with Crippen molar-refractivity contribution in [2.75, 3.05) is 20.8 Å². The van der Waals surface area contributed by atoms with E-state index in [4.69, 9.17) is 9.47 Å². The lowest BCUT2D eigenvalue weighted by molar-refractivity contribution is -0.142. The molecule has 160 valence electrons. The Morgan fingerprint density at radius 1 is 1.10 bits per heavy atom. The van der Waals surface area contributed by atoms with E-state index in [2.05, 4.69) is 20.9 Å². The number of aliphatic imine (C=N–C) groups is 1. The molecule has 0 bridgehead atoms. The molecule has 0 radical (unpaired) electrons. The summed E-state index contributed by atoms with van der Waals surface area (Å²) in [5.74, 6) is -1.53. The molecule has 30 heavy (non-hydrogen) atoms. The Morgan fingerprint density at radius 2 is 1.70 bits per heavy atom. The topological polar surface area (TPSA) is 88.5 Å². The van der Waals surface area contributed by atoms with Gasteiger partial charge in [-0.05, 0) is 38.5 Å². The number of esters is 2. The maximum atomic E-state index is 12.9. The number of amidine groups is 1. The standard InChI is InChI=1S/C21H24BrN3O5/c1-21(2,3)23-18-16(20(28)30-5)15(19(27)29-4)17(12-6-8-13(22)9-7-12)24-11-10-14(26)25(18)24/h6-9,17H,10-11H2,1-5H3. The van der Waals surface area contributed by atoms with Crippen LogP contribution in [0.25, 0.3) is 0 Å². The van der Waals surface area contributed by atoms with Crippen LogP contribution in [0.2, 0.25) is 0 Å². The minimum absolute atomic E-state index is 0.0568. The van der Waals surface area contributed by atoms with Crippen LogP contribution in [0, 0.1) is 0 Å². The van der Waals surface area contributed by atoms with Crippen molar-refractivity contribution >= 4 is 39.6 Å². The van der Waals surface area contributed by atoms with Gasteiger partial charge >= 0.3 is 11.9 Å². The van der Waals surface area contributed by atoms with Gasteiger partial charge in [-0.15, -0.1) is 0 Å². The van der Waals surface area contributed by atoms with Gasteiger partial charge in [0, 0.05) is 17.4 Å². The fourth-order valence-electron chi connectivity index (χ4n) is 3.59. The number of ether oxygens (including phenoxy) is 2. The Hall–Kier alpha value is -2.52. The number of halogens is 1. The first-order chi connectivity index (χ1) is 14.1. The number of benzene rings is 1. The van der Waals surface area contributed by atoms with Gasteiger partial charge in [-0.25, -0.2) is 14.6 Å². The lowest BCUT2D eigenvalue weighted by Crippen LogP contribution is -2.53. The van der Waals surface area contributed by atoms with Crippen molar-refractivity contribution in [2.24, 2.45) is 4.99 Å². The monoisotopic (exact) mass is 477 g/mol. The molecular weight excluding hydrogens is 454 g/mol. The molecule has 2 aliphatic rings. The minimum atomic E-state index is -0.750. The number of amides is 1. The number of carbonyl (C=O) groups excluding carboxylic acids is 3. The molecule has 1 aromatic rings. The molecule has 8 nitrogen and oxygen atoms in total. The molecule has 1 fully saturated rings. The van der Waals surface area contributed by atoms with Gasteiger partial charge in [0.1, 0.15) is 5.57 Å². The lowest BCUT2D eigenvalue weighted by atomic mass is 9.90. The SMILES string of the molecule is COC(=O)C1=C(C(=O)OC)C(c2ccc(Br)cc2)N2CCC(=O)N2C1=NC(C)(C)C. The van der Waals surface area contributed by atoms with Gasteiger partial charge in [0.25, 0.3) is 0 Å². The summed E-state index contributed by atoms with van der Waals surface area (Å²) in [6, 6.07) is 6.63. The number of methoxy groups -OCH3 is 2. The summed E-state index contributed by atoms with van der Waals surface area (Å²) in [6.07, 6.45) is 0.235. The van der Waals surface area contributed by atoms with E-state index in [1.54, 1.807) is 5.01 Å². The van der Waals surface area contributed by atoms with Crippen LogP contribution in [0.3, 0.4) is 0 Å². The van der Waals surface area contributed by atoms with E-state index in [9.17, 15) is 14.4 Å². The van der Waals surface area contributed by atoms with Gasteiger partial charge in [0.15, 0.2) is 5.84 Å². The maximum absolute atomic E-state index is 12.9. The maximum Gasteiger partial charge on any atom is 0.342 e. The van der Waals surface area contributed by atoms with Crippen LogP contribution in [-0.4, -0.2) is 60.0 Å². The highest BCUT2D eigenvalue weighted by Gasteiger charge is 2.50. The molecular formula is C21H24BrN3O5. The van der Waals surface area contributed by atoms with Crippen LogP contribution in [-0.2, 0) is 23.9 Å². The summed E-state index contributed by atoms with van der Waals surface area (Å²) in [4.78, 5) is 43.3. The Balaban J connectivity index is 2.39. The van der Waals surface area contributed by atoms with E-state index in [0.29, 0.717) is 6.54 Å². The molecule has 1 atom stereocenters. The van der Waals surface area contributed by atoms with Gasteiger partial charge in [-0.1, -0.05) is 28.1 Å². The third-order valence-corrected chi connectivity index (χ3v) is 5.26. The molecule has 9 heteroatoms. The van der Waals surface area contributed by atoms with Crippen molar-refractivity contribution in [1.29, 1.82) is 0 Å². The average Bonchev–Trinajstić information content (AvgIpc) is 3.07. The summed E-state index contributed by atoms with van der Waals surface area (Å²) in [5.41, 5.74) is 0.156. The van der Waals surface area contributed by atoms with Crippen molar-refractivity contribution in [3.8, 4) is 0 Å². The molecule has 0 aromatic heterocycles. The summed E-state index contributed by atoms with van der Waals surface area (Å²) in [6.45, 7) is 5.91. The number of rotatable bonds is 3. The number of hydrazine groups is 1. The highest BCUT2D eigenvalue weighted by molar-refractivity contribution is 9.10. The van der Waals surface area contributed by atoms with Gasteiger partial charge in [-0.3, -0.25) is 9.79 Å². The van der Waals surface area contributed by atoms with Crippen LogP contribution >= 0.6 is 15.9 Å². The van der Waals surface area contributed by atoms with E-state index in [-0.39, 0.29) is 29.3 Å². The molecule has 0 saturated carbocycles. The first-order valence-electron chi connectivity index (χ1n) is 9.45. The highest BCUT2D eigenvalue weighted by Crippen LogP contribution is 2.41. The van der Waals surface area contributed by atoms with Crippen LogP contribution < -0.4 is 0 Å². The molecule has 1 amide bonds. The predicted molar refractivity (Wildman–Crippen MR) is 113 cm³/mol. The normalized spacial score (nSPS) is 21.1. The van der Waals surface area contributed by atoms with E-state index in [0.717, 1.165) is 10.0 Å². The van der Waals surface area contributed by atoms with Gasteiger partial charge in [0.05, 0.1) is 31.4 Å². The summed E-state index contributed by atoms with van der Waals surface area (Å²) in [5, 5.41) is 3.16. The second-order valence-electron chi connectivity index (χ2n) is 7.95. The molecule has 0 spiro atoms. The smallest absolute Gasteiger partial charge is 0.342 e. The molecule has 3 rings (SSSR count). The first-order valence-corrected chi connectivity index (χ1v) is 10.2. The van der Waals surface area contributed by atoms with Gasteiger partial charge in [0.2, 0.25) is 5.91 Å². The van der Waals surface area contributed by atoms with E-state index in [1.807, 2.05) is 45.0 Å². The van der Waals surface area contributed by atoms with Crippen LogP contribution in [0.15, 0.2) is 44.9 Å². The molecule has 0 aliphatic carbocycles. The zero-order valence-electron chi connectivity index (χ0n) is 17.6. The Kier molecular flexibility index (Phi) is 6.14. The van der Waals surface area contributed by atoms with Crippen molar-refractivity contribution in [1.82, 2.24) is 10.0 Å². The van der Waals surface area contributed by atoms with Crippen LogP contribution in [0.1, 0.15) is 38.8 Å². The van der Waals surface area contributed by atoms with Crippen molar-refractivity contribution in [3.05, 3.63) is 45.4 Å². The molecule has 1 aromatic carbocycles. The quantitative estimate of drug-likeness (QED) is 0.621. The number of hydrogen-bond donors (Lipinski definition) is 0. The predicted octanol–water partition coefficient (Wildman–Crippen LogP) is 2.79. The molecule has 0 N–H and O–H groups in total. The number of hydrogen-bond acceptors (Lipinski definition) is 7. The van der Waals surface area contributed by atoms with Crippen LogP contribution in [0.5, 0.6) is 0 Å². The van der Waals surface area contributed by atoms with E-state index < -0.39 is 23.5 Å². The zero-order valence-corrected chi connectivity index (χ0v) is 19.1. The minimum Gasteiger partial charge on any atom is -0.466 e. The Labute approximate surface area is 183 Å². The zero-order chi connectivity index (χ0) is 22.2. The second-order valence-corrected chi connectivity index (χ2v) is 8.87. The lowest BCUT2D eigenvalue weighted by Gasteiger charge is -2.41. The summed E-state index contributed by atoms with van der Waals surface area (Å²) < 4.78 is 10.9. The van der Waals surface area contributed by atoms with Gasteiger partial charge in [-0.2, -0.15) is 5.01 Å².